The summed E-state index contributed by atoms with van der Waals surface area (Å²) in [6.07, 6.45) is 2.86. The maximum Gasteiger partial charge on any atom is 0.213 e. The van der Waals surface area contributed by atoms with Crippen molar-refractivity contribution in [3.63, 3.8) is 0 Å². The van der Waals surface area contributed by atoms with Crippen LogP contribution >= 0.6 is 11.6 Å². The fourth-order valence-electron chi connectivity index (χ4n) is 1.15. The van der Waals surface area contributed by atoms with Gasteiger partial charge < -0.3 is 9.30 Å². The van der Waals surface area contributed by atoms with Crippen molar-refractivity contribution in [2.24, 2.45) is 7.05 Å². The van der Waals surface area contributed by atoms with Crippen LogP contribution in [0.5, 0.6) is 5.75 Å². The van der Waals surface area contributed by atoms with E-state index in [9.17, 15) is 4.39 Å². The molecule has 0 aliphatic rings. The maximum absolute atomic E-state index is 12.5. The van der Waals surface area contributed by atoms with Gasteiger partial charge in [0.1, 0.15) is 23.3 Å². The molecule has 0 aliphatic carbocycles. The van der Waals surface area contributed by atoms with Gasteiger partial charge in [-0.2, -0.15) is 4.39 Å². The summed E-state index contributed by atoms with van der Waals surface area (Å²) in [7, 11) is 1.79. The maximum atomic E-state index is 12.5. The Morgan fingerprint density at radius 1 is 1.38 bits per heavy atom. The van der Waals surface area contributed by atoms with Gasteiger partial charge in [-0.05, 0) is 12.1 Å². The van der Waals surface area contributed by atoms with Crippen molar-refractivity contribution in [3.8, 4) is 5.75 Å². The molecule has 0 fully saturated rings. The van der Waals surface area contributed by atoms with Gasteiger partial charge in [0.25, 0.3) is 0 Å². The van der Waals surface area contributed by atoms with Crippen LogP contribution in [0.4, 0.5) is 4.39 Å². The summed E-state index contributed by atoms with van der Waals surface area (Å²) in [4.78, 5) is 7.53. The first-order chi connectivity index (χ1) is 7.66. The van der Waals surface area contributed by atoms with Gasteiger partial charge in [-0.3, -0.25) is 0 Å². The van der Waals surface area contributed by atoms with E-state index in [4.69, 9.17) is 16.3 Å². The van der Waals surface area contributed by atoms with Gasteiger partial charge in [0.05, 0.1) is 12.4 Å². The van der Waals surface area contributed by atoms with Crippen LogP contribution in [-0.2, 0) is 13.7 Å². The molecule has 0 spiro atoms. The summed E-state index contributed by atoms with van der Waals surface area (Å²) in [6, 6.07) is 2.74. The Bertz CT molecular complexity index is 483. The number of hydrogen-bond donors (Lipinski definition) is 0. The van der Waals surface area contributed by atoms with Crippen LogP contribution < -0.4 is 4.74 Å². The monoisotopic (exact) mass is 241 g/mol. The van der Waals surface area contributed by atoms with Gasteiger partial charge in [-0.25, -0.2) is 9.97 Å². The molecule has 0 aliphatic heterocycles. The quantitative estimate of drug-likeness (QED) is 0.774. The number of halogens is 2. The number of imidazole rings is 1. The lowest BCUT2D eigenvalue weighted by atomic mass is 10.4. The van der Waals surface area contributed by atoms with Crippen LogP contribution in [0.1, 0.15) is 5.82 Å². The fourth-order valence-corrected chi connectivity index (χ4v) is 1.30. The van der Waals surface area contributed by atoms with Gasteiger partial charge in [-0.1, -0.05) is 11.6 Å². The van der Waals surface area contributed by atoms with E-state index >= 15 is 0 Å². The SMILES string of the molecule is Cn1c(Cl)cnc1COc1ccc(F)nc1. The summed E-state index contributed by atoms with van der Waals surface area (Å²) < 4.78 is 19.6. The zero-order valence-corrected chi connectivity index (χ0v) is 9.28. The molecule has 0 unspecified atom stereocenters. The lowest BCUT2D eigenvalue weighted by molar-refractivity contribution is 0.290. The van der Waals surface area contributed by atoms with E-state index in [1.54, 1.807) is 17.8 Å². The molecule has 2 aromatic heterocycles. The highest BCUT2D eigenvalue weighted by Crippen LogP contribution is 2.13. The highest BCUT2D eigenvalue weighted by atomic mass is 35.5. The predicted octanol–water partition coefficient (Wildman–Crippen LogP) is 2.19. The third kappa shape index (κ3) is 2.30. The van der Waals surface area contributed by atoms with E-state index in [0.29, 0.717) is 16.7 Å². The summed E-state index contributed by atoms with van der Waals surface area (Å²) >= 11 is 5.81. The molecule has 6 heteroatoms. The molecule has 0 bridgehead atoms. The van der Waals surface area contributed by atoms with E-state index in [2.05, 4.69) is 9.97 Å². The largest absolute Gasteiger partial charge is 0.484 e. The van der Waals surface area contributed by atoms with Gasteiger partial charge >= 0.3 is 0 Å². The lowest BCUT2D eigenvalue weighted by Crippen LogP contribution is -2.03. The zero-order valence-electron chi connectivity index (χ0n) is 8.52. The van der Waals surface area contributed by atoms with E-state index in [1.807, 2.05) is 0 Å². The van der Waals surface area contributed by atoms with Gasteiger partial charge in [0.15, 0.2) is 0 Å². The van der Waals surface area contributed by atoms with Crippen molar-refractivity contribution in [3.05, 3.63) is 41.5 Å². The number of aromatic nitrogens is 3. The lowest BCUT2D eigenvalue weighted by Gasteiger charge is -2.05. The van der Waals surface area contributed by atoms with Crippen LogP contribution in [0.15, 0.2) is 24.5 Å². The molecule has 4 nitrogen and oxygen atoms in total. The number of hydrogen-bond acceptors (Lipinski definition) is 3. The normalized spacial score (nSPS) is 10.4. The molecule has 2 rings (SSSR count). The fraction of sp³-hybridized carbons (Fsp3) is 0.200. The summed E-state index contributed by atoms with van der Waals surface area (Å²) in [5.74, 6) is 0.641. The average molecular weight is 242 g/mol. The van der Waals surface area contributed by atoms with Crippen molar-refractivity contribution in [2.75, 3.05) is 0 Å². The Morgan fingerprint density at radius 3 is 2.75 bits per heavy atom. The van der Waals surface area contributed by atoms with Crippen molar-refractivity contribution in [2.45, 2.75) is 6.61 Å². The van der Waals surface area contributed by atoms with Gasteiger partial charge in [0, 0.05) is 7.05 Å². The minimum absolute atomic E-state index is 0.260. The van der Waals surface area contributed by atoms with E-state index in [-0.39, 0.29) is 6.61 Å². The molecule has 0 atom stereocenters. The average Bonchev–Trinajstić information content (AvgIpc) is 2.60. The molecule has 0 N–H and O–H groups in total. The Kier molecular flexibility index (Phi) is 3.05. The second-order valence-corrected chi connectivity index (χ2v) is 3.55. The third-order valence-electron chi connectivity index (χ3n) is 2.10. The first-order valence-electron chi connectivity index (χ1n) is 4.57. The highest BCUT2D eigenvalue weighted by Gasteiger charge is 2.05. The highest BCUT2D eigenvalue weighted by molar-refractivity contribution is 6.29. The molecule has 2 aromatic rings. The topological polar surface area (TPSA) is 39.9 Å². The molecular formula is C10H9ClFN3O. The van der Waals surface area contributed by atoms with E-state index in [0.717, 1.165) is 0 Å². The summed E-state index contributed by atoms with van der Waals surface area (Å²) in [6.45, 7) is 0.260. The molecular weight excluding hydrogens is 233 g/mol. The number of pyridine rings is 1. The Hall–Kier alpha value is -1.62. The second-order valence-electron chi connectivity index (χ2n) is 3.16. The predicted molar refractivity (Wildman–Crippen MR) is 56.7 cm³/mol. The summed E-state index contributed by atoms with van der Waals surface area (Å²) in [5, 5.41) is 0.538. The van der Waals surface area contributed by atoms with Crippen molar-refractivity contribution in [1.29, 1.82) is 0 Å². The number of nitrogens with zero attached hydrogens (tertiary/aromatic N) is 3. The zero-order chi connectivity index (χ0) is 11.5. The first-order valence-corrected chi connectivity index (χ1v) is 4.95. The standard InChI is InChI=1S/C10H9ClFN3O/c1-15-8(11)5-14-10(15)6-16-7-2-3-9(12)13-4-7/h2-5H,6H2,1H3. The number of rotatable bonds is 3. The Labute approximate surface area is 96.7 Å². The molecule has 0 radical (unpaired) electrons. The second kappa shape index (κ2) is 4.49. The van der Waals surface area contributed by atoms with Crippen LogP contribution in [-0.4, -0.2) is 14.5 Å². The minimum Gasteiger partial charge on any atom is -0.484 e. The van der Waals surface area contributed by atoms with Crippen molar-refractivity contribution >= 4 is 11.6 Å². The molecule has 0 saturated heterocycles. The van der Waals surface area contributed by atoms with E-state index in [1.165, 1.54) is 18.3 Å². The van der Waals surface area contributed by atoms with Crippen LogP contribution in [0.3, 0.4) is 0 Å². The first kappa shape index (κ1) is 10.9. The summed E-state index contributed by atoms with van der Waals surface area (Å²) in [5.41, 5.74) is 0. The van der Waals surface area contributed by atoms with Crippen molar-refractivity contribution < 1.29 is 9.13 Å². The third-order valence-corrected chi connectivity index (χ3v) is 2.45. The van der Waals surface area contributed by atoms with E-state index < -0.39 is 5.95 Å². The molecule has 0 saturated carbocycles. The molecule has 0 amide bonds. The number of ether oxygens (including phenoxy) is 1. The van der Waals surface area contributed by atoms with Crippen molar-refractivity contribution in [1.82, 2.24) is 14.5 Å². The van der Waals surface area contributed by atoms with Crippen LogP contribution in [0, 0.1) is 5.95 Å². The van der Waals surface area contributed by atoms with Crippen LogP contribution in [0.25, 0.3) is 0 Å². The van der Waals surface area contributed by atoms with Gasteiger partial charge in [-0.15, -0.1) is 0 Å². The molecule has 0 aromatic carbocycles. The Morgan fingerprint density at radius 2 is 2.19 bits per heavy atom. The molecule has 16 heavy (non-hydrogen) atoms. The molecule has 84 valence electrons. The molecule has 2 heterocycles. The van der Waals surface area contributed by atoms with Gasteiger partial charge in [0.2, 0.25) is 5.95 Å². The minimum atomic E-state index is -0.535. The van der Waals surface area contributed by atoms with Crippen LogP contribution in [0.2, 0.25) is 5.15 Å². The smallest absolute Gasteiger partial charge is 0.213 e. The Balaban J connectivity index is 2.02.